The molecule has 1 aliphatic heterocycles. The van der Waals surface area contributed by atoms with E-state index in [0.717, 1.165) is 18.8 Å². The first-order chi connectivity index (χ1) is 7.79. The normalized spacial score (nSPS) is 21.0. The van der Waals surface area contributed by atoms with E-state index >= 15 is 0 Å². The minimum Gasteiger partial charge on any atom is -0.476 e. The van der Waals surface area contributed by atoms with Crippen molar-refractivity contribution in [2.24, 2.45) is 0 Å². The molecule has 1 saturated heterocycles. The van der Waals surface area contributed by atoms with E-state index in [4.69, 9.17) is 4.74 Å². The first-order valence-electron chi connectivity index (χ1n) is 5.82. The first-order valence-corrected chi connectivity index (χ1v) is 5.82. The Balaban J connectivity index is 2.02. The third-order valence-electron chi connectivity index (χ3n) is 2.80. The van der Waals surface area contributed by atoms with Crippen LogP contribution in [0, 0.1) is 0 Å². The number of hydrogen-bond donors (Lipinski definition) is 1. The van der Waals surface area contributed by atoms with Crippen LogP contribution in [-0.4, -0.2) is 42.7 Å². The SMILES string of the molecule is CCOc1ncccc1NC1CCN(C)C1. The monoisotopic (exact) mass is 221 g/mol. The molecule has 1 aromatic rings. The molecule has 0 saturated carbocycles. The van der Waals surface area contributed by atoms with Crippen LogP contribution in [0.25, 0.3) is 0 Å². The Kier molecular flexibility index (Phi) is 3.62. The van der Waals surface area contributed by atoms with E-state index in [1.165, 1.54) is 6.42 Å². The molecule has 1 atom stereocenters. The van der Waals surface area contributed by atoms with Crippen LogP contribution in [0.15, 0.2) is 18.3 Å². The van der Waals surface area contributed by atoms with E-state index in [-0.39, 0.29) is 0 Å². The highest BCUT2D eigenvalue weighted by atomic mass is 16.5. The van der Waals surface area contributed by atoms with Gasteiger partial charge < -0.3 is 15.0 Å². The maximum atomic E-state index is 5.49. The third kappa shape index (κ3) is 2.64. The van der Waals surface area contributed by atoms with Gasteiger partial charge in [0.1, 0.15) is 0 Å². The van der Waals surface area contributed by atoms with E-state index in [9.17, 15) is 0 Å². The lowest BCUT2D eigenvalue weighted by molar-refractivity contribution is 0.328. The molecule has 2 heterocycles. The van der Waals surface area contributed by atoms with Gasteiger partial charge in [0.05, 0.1) is 12.3 Å². The number of anilines is 1. The predicted octanol–water partition coefficient (Wildman–Crippen LogP) is 1.60. The summed E-state index contributed by atoms with van der Waals surface area (Å²) in [6.45, 7) is 4.86. The van der Waals surface area contributed by atoms with Crippen LogP contribution in [0.2, 0.25) is 0 Å². The van der Waals surface area contributed by atoms with Gasteiger partial charge in [-0.25, -0.2) is 4.98 Å². The number of likely N-dealkylation sites (tertiary alicyclic amines) is 1. The van der Waals surface area contributed by atoms with Crippen LogP contribution >= 0.6 is 0 Å². The molecule has 1 fully saturated rings. The standard InChI is InChI=1S/C12H19N3O/c1-3-16-12-11(5-4-7-13-12)14-10-6-8-15(2)9-10/h4-5,7,10,14H,3,6,8-9H2,1-2H3. The van der Waals surface area contributed by atoms with E-state index in [2.05, 4.69) is 22.2 Å². The van der Waals surface area contributed by atoms with Crippen molar-refractivity contribution < 1.29 is 4.74 Å². The second-order valence-corrected chi connectivity index (χ2v) is 4.18. The molecule has 4 nitrogen and oxygen atoms in total. The molecule has 16 heavy (non-hydrogen) atoms. The second kappa shape index (κ2) is 5.16. The summed E-state index contributed by atoms with van der Waals surface area (Å²) in [5.74, 6) is 0.708. The van der Waals surface area contributed by atoms with Crippen LogP contribution in [-0.2, 0) is 0 Å². The zero-order valence-corrected chi connectivity index (χ0v) is 9.94. The Hall–Kier alpha value is -1.29. The Bertz CT molecular complexity index is 343. The number of aromatic nitrogens is 1. The lowest BCUT2D eigenvalue weighted by atomic mass is 10.2. The molecule has 0 bridgehead atoms. The lowest BCUT2D eigenvalue weighted by Gasteiger charge is -2.16. The predicted molar refractivity (Wildman–Crippen MR) is 64.9 cm³/mol. The second-order valence-electron chi connectivity index (χ2n) is 4.18. The molecule has 1 N–H and O–H groups in total. The highest BCUT2D eigenvalue weighted by Gasteiger charge is 2.20. The minimum atomic E-state index is 0.508. The minimum absolute atomic E-state index is 0.508. The summed E-state index contributed by atoms with van der Waals surface area (Å²) in [4.78, 5) is 6.56. The summed E-state index contributed by atoms with van der Waals surface area (Å²) in [6, 6.07) is 4.47. The van der Waals surface area contributed by atoms with Crippen molar-refractivity contribution in [3.63, 3.8) is 0 Å². The average molecular weight is 221 g/mol. The van der Waals surface area contributed by atoms with Gasteiger partial charge in [0.25, 0.3) is 0 Å². The smallest absolute Gasteiger partial charge is 0.237 e. The number of likely N-dealkylation sites (N-methyl/N-ethyl adjacent to an activating group) is 1. The van der Waals surface area contributed by atoms with Gasteiger partial charge in [0, 0.05) is 18.8 Å². The summed E-state index contributed by atoms with van der Waals surface area (Å²) >= 11 is 0. The molecule has 1 aliphatic rings. The van der Waals surface area contributed by atoms with Gasteiger partial charge in [-0.2, -0.15) is 0 Å². The van der Waals surface area contributed by atoms with Crippen LogP contribution in [0.3, 0.4) is 0 Å². The van der Waals surface area contributed by atoms with Gasteiger partial charge in [0.15, 0.2) is 0 Å². The van der Waals surface area contributed by atoms with Gasteiger partial charge in [0.2, 0.25) is 5.88 Å². The maximum Gasteiger partial charge on any atom is 0.237 e. The zero-order valence-electron chi connectivity index (χ0n) is 9.94. The number of rotatable bonds is 4. The molecular weight excluding hydrogens is 202 g/mol. The molecular formula is C12H19N3O. The molecule has 0 spiro atoms. The number of ether oxygens (including phenoxy) is 1. The van der Waals surface area contributed by atoms with Gasteiger partial charge in [-0.3, -0.25) is 0 Å². The van der Waals surface area contributed by atoms with Crippen LogP contribution in [0.1, 0.15) is 13.3 Å². The summed E-state index contributed by atoms with van der Waals surface area (Å²) in [7, 11) is 2.15. The van der Waals surface area contributed by atoms with E-state index in [1.54, 1.807) is 6.20 Å². The number of pyridine rings is 1. The van der Waals surface area contributed by atoms with E-state index < -0.39 is 0 Å². The summed E-state index contributed by atoms with van der Waals surface area (Å²) < 4.78 is 5.49. The zero-order chi connectivity index (χ0) is 11.4. The number of hydrogen-bond acceptors (Lipinski definition) is 4. The van der Waals surface area contributed by atoms with Crippen molar-refractivity contribution in [1.29, 1.82) is 0 Å². The summed E-state index contributed by atoms with van der Waals surface area (Å²) in [5, 5.41) is 3.50. The highest BCUT2D eigenvalue weighted by Crippen LogP contribution is 2.23. The lowest BCUT2D eigenvalue weighted by Crippen LogP contribution is -2.23. The number of nitrogens with one attached hydrogen (secondary N) is 1. The molecule has 4 heteroatoms. The average Bonchev–Trinajstić information content (AvgIpc) is 2.67. The van der Waals surface area contributed by atoms with Crippen LogP contribution in [0.5, 0.6) is 5.88 Å². The Morgan fingerprint density at radius 3 is 3.19 bits per heavy atom. The van der Waals surface area contributed by atoms with Gasteiger partial charge >= 0.3 is 0 Å². The quantitative estimate of drug-likeness (QED) is 0.838. The third-order valence-corrected chi connectivity index (χ3v) is 2.80. The molecule has 2 rings (SSSR count). The number of nitrogens with zero attached hydrogens (tertiary/aromatic N) is 2. The highest BCUT2D eigenvalue weighted by molar-refractivity contribution is 5.52. The van der Waals surface area contributed by atoms with E-state index in [1.807, 2.05) is 19.1 Å². The molecule has 1 unspecified atom stereocenters. The molecule has 0 amide bonds. The van der Waals surface area contributed by atoms with Gasteiger partial charge in [-0.15, -0.1) is 0 Å². The fourth-order valence-corrected chi connectivity index (χ4v) is 2.03. The van der Waals surface area contributed by atoms with Crippen molar-refractivity contribution in [2.45, 2.75) is 19.4 Å². The topological polar surface area (TPSA) is 37.4 Å². The van der Waals surface area contributed by atoms with Crippen LogP contribution in [0.4, 0.5) is 5.69 Å². The Morgan fingerprint density at radius 1 is 1.62 bits per heavy atom. The van der Waals surface area contributed by atoms with Crippen molar-refractivity contribution in [3.8, 4) is 5.88 Å². The molecule has 88 valence electrons. The largest absolute Gasteiger partial charge is 0.476 e. The fraction of sp³-hybridized carbons (Fsp3) is 0.583. The summed E-state index contributed by atoms with van der Waals surface area (Å²) in [6.07, 6.45) is 2.94. The Morgan fingerprint density at radius 2 is 2.50 bits per heavy atom. The maximum absolute atomic E-state index is 5.49. The molecule has 0 aromatic carbocycles. The van der Waals surface area contributed by atoms with Gasteiger partial charge in [-0.1, -0.05) is 0 Å². The first kappa shape index (κ1) is 11.2. The van der Waals surface area contributed by atoms with Crippen molar-refractivity contribution in [2.75, 3.05) is 32.1 Å². The fourth-order valence-electron chi connectivity index (χ4n) is 2.03. The van der Waals surface area contributed by atoms with Gasteiger partial charge in [-0.05, 0) is 39.1 Å². The van der Waals surface area contributed by atoms with Crippen molar-refractivity contribution >= 4 is 5.69 Å². The van der Waals surface area contributed by atoms with Crippen molar-refractivity contribution in [1.82, 2.24) is 9.88 Å². The Labute approximate surface area is 96.6 Å². The van der Waals surface area contributed by atoms with E-state index in [0.29, 0.717) is 18.5 Å². The molecule has 0 radical (unpaired) electrons. The molecule has 1 aromatic heterocycles. The van der Waals surface area contributed by atoms with Crippen molar-refractivity contribution in [3.05, 3.63) is 18.3 Å². The summed E-state index contributed by atoms with van der Waals surface area (Å²) in [5.41, 5.74) is 1.00. The molecule has 0 aliphatic carbocycles. The van der Waals surface area contributed by atoms with Crippen LogP contribution < -0.4 is 10.1 Å².